The number of piperidine rings is 1. The SMILES string of the molecule is CNCCC1CCN(CCC(=O)Nc2cc(F)cc(F)c2)CC1.Cl. The molecule has 0 aliphatic carbocycles. The molecule has 4 nitrogen and oxygen atoms in total. The molecule has 24 heavy (non-hydrogen) atoms. The number of hydrogen-bond donors (Lipinski definition) is 2. The molecule has 0 unspecified atom stereocenters. The summed E-state index contributed by atoms with van der Waals surface area (Å²) < 4.78 is 26.2. The van der Waals surface area contributed by atoms with Crippen molar-refractivity contribution in [3.8, 4) is 0 Å². The zero-order chi connectivity index (χ0) is 16.7. The Morgan fingerprint density at radius 3 is 2.42 bits per heavy atom. The Labute approximate surface area is 148 Å². The second-order valence-electron chi connectivity index (χ2n) is 6.13. The van der Waals surface area contributed by atoms with Gasteiger partial charge in [0.1, 0.15) is 11.6 Å². The lowest BCUT2D eigenvalue weighted by atomic mass is 9.93. The first-order valence-electron chi connectivity index (χ1n) is 8.19. The van der Waals surface area contributed by atoms with Crippen molar-refractivity contribution in [1.29, 1.82) is 0 Å². The summed E-state index contributed by atoms with van der Waals surface area (Å²) in [6.45, 7) is 3.76. The topological polar surface area (TPSA) is 44.4 Å². The van der Waals surface area contributed by atoms with E-state index in [-0.39, 0.29) is 24.0 Å². The Hall–Kier alpha value is -1.24. The quantitative estimate of drug-likeness (QED) is 0.784. The molecule has 2 rings (SSSR count). The van der Waals surface area contributed by atoms with Gasteiger partial charge in [-0.15, -0.1) is 12.4 Å². The van der Waals surface area contributed by atoms with Crippen molar-refractivity contribution >= 4 is 24.0 Å². The van der Waals surface area contributed by atoms with Gasteiger partial charge in [0.05, 0.1) is 0 Å². The molecule has 1 heterocycles. The second-order valence-corrected chi connectivity index (χ2v) is 6.13. The molecule has 1 aliphatic rings. The Morgan fingerprint density at radius 2 is 1.83 bits per heavy atom. The molecule has 1 aromatic carbocycles. The van der Waals surface area contributed by atoms with Gasteiger partial charge >= 0.3 is 0 Å². The van der Waals surface area contributed by atoms with Crippen LogP contribution >= 0.6 is 12.4 Å². The van der Waals surface area contributed by atoms with Crippen molar-refractivity contribution < 1.29 is 13.6 Å². The lowest BCUT2D eigenvalue weighted by Crippen LogP contribution is -2.36. The maximum Gasteiger partial charge on any atom is 0.225 e. The molecule has 0 spiro atoms. The molecule has 1 aliphatic heterocycles. The summed E-state index contributed by atoms with van der Waals surface area (Å²) in [7, 11) is 1.97. The Kier molecular flexibility index (Phi) is 9.18. The number of amides is 1. The van der Waals surface area contributed by atoms with E-state index in [1.165, 1.54) is 19.3 Å². The second kappa shape index (κ2) is 10.6. The molecule has 1 saturated heterocycles. The summed E-state index contributed by atoms with van der Waals surface area (Å²) in [5.41, 5.74) is 0.165. The van der Waals surface area contributed by atoms with Gasteiger partial charge in [-0.3, -0.25) is 4.79 Å². The van der Waals surface area contributed by atoms with Crippen molar-refractivity contribution in [2.24, 2.45) is 5.92 Å². The number of nitrogens with zero attached hydrogens (tertiary/aromatic N) is 1. The summed E-state index contributed by atoms with van der Waals surface area (Å²) in [5, 5.41) is 5.72. The minimum atomic E-state index is -0.691. The van der Waals surface area contributed by atoms with E-state index in [0.717, 1.165) is 43.8 Å². The highest BCUT2D eigenvalue weighted by Crippen LogP contribution is 2.20. The van der Waals surface area contributed by atoms with E-state index >= 15 is 0 Å². The van der Waals surface area contributed by atoms with Crippen LogP contribution in [0.3, 0.4) is 0 Å². The van der Waals surface area contributed by atoms with Crippen LogP contribution in [0.15, 0.2) is 18.2 Å². The van der Waals surface area contributed by atoms with Crippen molar-refractivity contribution in [2.75, 3.05) is 38.5 Å². The molecule has 0 aromatic heterocycles. The van der Waals surface area contributed by atoms with Gasteiger partial charge in [-0.1, -0.05) is 0 Å². The summed E-state index contributed by atoms with van der Waals surface area (Å²) in [4.78, 5) is 14.2. The fourth-order valence-electron chi connectivity index (χ4n) is 2.96. The van der Waals surface area contributed by atoms with Crippen LogP contribution in [0, 0.1) is 17.6 Å². The normalized spacial score (nSPS) is 15.8. The van der Waals surface area contributed by atoms with Crippen molar-refractivity contribution in [2.45, 2.75) is 25.7 Å². The molecular formula is C17H26ClF2N3O. The smallest absolute Gasteiger partial charge is 0.225 e. The van der Waals surface area contributed by atoms with Crippen LogP contribution in [0.4, 0.5) is 14.5 Å². The number of benzene rings is 1. The average molecular weight is 362 g/mol. The van der Waals surface area contributed by atoms with Gasteiger partial charge < -0.3 is 15.5 Å². The molecule has 0 radical (unpaired) electrons. The molecule has 1 fully saturated rings. The average Bonchev–Trinajstić information content (AvgIpc) is 2.51. The Morgan fingerprint density at radius 1 is 1.21 bits per heavy atom. The third-order valence-corrected chi connectivity index (χ3v) is 4.31. The van der Waals surface area contributed by atoms with Gasteiger partial charge in [-0.25, -0.2) is 8.78 Å². The molecule has 1 amide bonds. The number of carbonyl (C=O) groups excluding carboxylic acids is 1. The molecule has 1 aromatic rings. The van der Waals surface area contributed by atoms with Gasteiger partial charge in [-0.2, -0.15) is 0 Å². The fraction of sp³-hybridized carbons (Fsp3) is 0.588. The largest absolute Gasteiger partial charge is 0.326 e. The number of likely N-dealkylation sites (tertiary alicyclic amines) is 1. The number of carbonyl (C=O) groups is 1. The van der Waals surface area contributed by atoms with E-state index in [2.05, 4.69) is 15.5 Å². The van der Waals surface area contributed by atoms with Crippen molar-refractivity contribution in [3.63, 3.8) is 0 Å². The first-order valence-corrected chi connectivity index (χ1v) is 8.19. The number of halogens is 3. The zero-order valence-corrected chi connectivity index (χ0v) is 14.8. The lowest BCUT2D eigenvalue weighted by Gasteiger charge is -2.31. The van der Waals surface area contributed by atoms with Crippen molar-refractivity contribution in [3.05, 3.63) is 29.8 Å². The third-order valence-electron chi connectivity index (χ3n) is 4.31. The maximum absolute atomic E-state index is 13.1. The monoisotopic (exact) mass is 361 g/mol. The molecule has 0 bridgehead atoms. The molecule has 0 saturated carbocycles. The van der Waals surface area contributed by atoms with Crippen LogP contribution in [-0.4, -0.2) is 44.0 Å². The minimum Gasteiger partial charge on any atom is -0.326 e. The fourth-order valence-corrected chi connectivity index (χ4v) is 2.96. The minimum absolute atomic E-state index is 0. The predicted octanol–water partition coefficient (Wildman–Crippen LogP) is 3.04. The highest BCUT2D eigenvalue weighted by atomic mass is 35.5. The van der Waals surface area contributed by atoms with Gasteiger partial charge in [-0.05, 0) is 64.0 Å². The molecule has 2 N–H and O–H groups in total. The van der Waals surface area contributed by atoms with E-state index in [1.54, 1.807) is 0 Å². The first-order chi connectivity index (χ1) is 11.1. The van der Waals surface area contributed by atoms with Gasteiger partial charge in [0.25, 0.3) is 0 Å². The predicted molar refractivity (Wildman–Crippen MR) is 94.6 cm³/mol. The number of nitrogens with one attached hydrogen (secondary N) is 2. The summed E-state index contributed by atoms with van der Waals surface area (Å²) in [6.07, 6.45) is 3.87. The number of rotatable bonds is 7. The molecule has 0 atom stereocenters. The standard InChI is InChI=1S/C17H25F2N3O.ClH/c1-20-6-2-13-3-7-22(8-4-13)9-5-17(23)21-16-11-14(18)10-15(19)12-16;/h10-13,20H,2-9H2,1H3,(H,21,23);1H. The van der Waals surface area contributed by atoms with E-state index in [1.807, 2.05) is 7.05 Å². The van der Waals surface area contributed by atoms with Crippen LogP contribution < -0.4 is 10.6 Å². The summed E-state index contributed by atoms with van der Waals surface area (Å²) >= 11 is 0. The number of anilines is 1. The molecular weight excluding hydrogens is 336 g/mol. The van der Waals surface area contributed by atoms with Gasteiger partial charge in [0, 0.05) is 24.7 Å². The lowest BCUT2D eigenvalue weighted by molar-refractivity contribution is -0.116. The molecule has 136 valence electrons. The maximum atomic E-state index is 13.1. The summed E-state index contributed by atoms with van der Waals surface area (Å²) in [6, 6.07) is 3.02. The number of hydrogen-bond acceptors (Lipinski definition) is 3. The van der Waals surface area contributed by atoms with Gasteiger partial charge in [0.15, 0.2) is 0 Å². The first kappa shape index (κ1) is 20.8. The summed E-state index contributed by atoms with van der Waals surface area (Å²) in [5.74, 6) is -0.831. The Bertz CT molecular complexity index is 502. The molecule has 7 heteroatoms. The van der Waals surface area contributed by atoms with Crippen LogP contribution in [-0.2, 0) is 4.79 Å². The van der Waals surface area contributed by atoms with E-state index in [0.29, 0.717) is 13.0 Å². The van der Waals surface area contributed by atoms with Gasteiger partial charge in [0.2, 0.25) is 5.91 Å². The zero-order valence-electron chi connectivity index (χ0n) is 14.0. The van der Waals surface area contributed by atoms with Crippen LogP contribution in [0.1, 0.15) is 25.7 Å². The van der Waals surface area contributed by atoms with Crippen molar-refractivity contribution in [1.82, 2.24) is 10.2 Å². The third kappa shape index (κ3) is 7.11. The highest BCUT2D eigenvalue weighted by molar-refractivity contribution is 5.90. The van der Waals surface area contributed by atoms with E-state index in [4.69, 9.17) is 0 Å². The van der Waals surface area contributed by atoms with E-state index < -0.39 is 11.6 Å². The van der Waals surface area contributed by atoms with E-state index in [9.17, 15) is 13.6 Å². The highest BCUT2D eigenvalue weighted by Gasteiger charge is 2.19. The van der Waals surface area contributed by atoms with Crippen LogP contribution in [0.25, 0.3) is 0 Å². The van der Waals surface area contributed by atoms with Crippen LogP contribution in [0.2, 0.25) is 0 Å². The van der Waals surface area contributed by atoms with Crippen LogP contribution in [0.5, 0.6) is 0 Å². The Balaban J connectivity index is 0.00000288.